The summed E-state index contributed by atoms with van der Waals surface area (Å²) in [4.78, 5) is 11.1. The maximum atomic E-state index is 13.8. The molecule has 1 aromatic heterocycles. The summed E-state index contributed by atoms with van der Waals surface area (Å²) in [5.41, 5.74) is 13.9. The van der Waals surface area contributed by atoms with Crippen molar-refractivity contribution in [2.24, 2.45) is 17.4 Å². The monoisotopic (exact) mass is 495 g/mol. The second-order valence-electron chi connectivity index (χ2n) is 8.71. The quantitative estimate of drug-likeness (QED) is 0.461. The Labute approximate surface area is 205 Å². The topological polar surface area (TPSA) is 115 Å². The molecule has 184 valence electrons. The van der Waals surface area contributed by atoms with Gasteiger partial charge in [-0.15, -0.1) is 6.58 Å². The second-order valence-corrected chi connectivity index (χ2v) is 10.8. The summed E-state index contributed by atoms with van der Waals surface area (Å²) >= 11 is 0. The zero-order valence-electron chi connectivity index (χ0n) is 19.5. The lowest BCUT2D eigenvalue weighted by Gasteiger charge is -2.36. The number of nitrogens with zero attached hydrogens (tertiary/aromatic N) is 3. The molecule has 2 atom stereocenters. The Morgan fingerprint density at radius 1 is 1.14 bits per heavy atom. The maximum absolute atomic E-state index is 13.8. The van der Waals surface area contributed by atoms with Crippen LogP contribution in [0, 0.1) is 11.7 Å². The molecule has 0 bridgehead atoms. The highest BCUT2D eigenvalue weighted by Crippen LogP contribution is 2.27. The van der Waals surface area contributed by atoms with Gasteiger partial charge >= 0.3 is 0 Å². The van der Waals surface area contributed by atoms with Crippen molar-refractivity contribution in [3.05, 3.63) is 78.8 Å². The summed E-state index contributed by atoms with van der Waals surface area (Å²) in [5, 5.41) is -0.808. The summed E-state index contributed by atoms with van der Waals surface area (Å²) in [6.07, 6.45) is 5.03. The van der Waals surface area contributed by atoms with Gasteiger partial charge in [0.1, 0.15) is 11.2 Å². The summed E-state index contributed by atoms with van der Waals surface area (Å²) in [6, 6.07) is 13.0. The first-order valence-electron chi connectivity index (χ1n) is 11.6. The van der Waals surface area contributed by atoms with E-state index in [-0.39, 0.29) is 23.2 Å². The summed E-state index contributed by atoms with van der Waals surface area (Å²) < 4.78 is 40.7. The van der Waals surface area contributed by atoms with Gasteiger partial charge in [-0.05, 0) is 80.4 Å². The van der Waals surface area contributed by atoms with Crippen LogP contribution in [0.15, 0.2) is 72.3 Å². The van der Waals surface area contributed by atoms with Crippen LogP contribution in [0.25, 0.3) is 22.6 Å². The van der Waals surface area contributed by atoms with Crippen LogP contribution in [0.5, 0.6) is 0 Å². The molecule has 2 heterocycles. The van der Waals surface area contributed by atoms with E-state index in [0.29, 0.717) is 42.3 Å². The fourth-order valence-electron chi connectivity index (χ4n) is 4.47. The first kappa shape index (κ1) is 25.1. The minimum Gasteiger partial charge on any atom is -0.330 e. The Morgan fingerprint density at radius 3 is 2.57 bits per heavy atom. The average molecular weight is 496 g/mol. The van der Waals surface area contributed by atoms with E-state index in [9.17, 15) is 12.8 Å². The summed E-state index contributed by atoms with van der Waals surface area (Å²) in [6.45, 7) is 5.76. The number of piperidine rings is 1. The molecule has 4 rings (SSSR count). The van der Waals surface area contributed by atoms with E-state index >= 15 is 0 Å². The number of aromatic nitrogens is 2. The smallest absolute Gasteiger partial charge is 0.198 e. The number of halogens is 1. The third-order valence-corrected chi connectivity index (χ3v) is 8.48. The highest BCUT2D eigenvalue weighted by Gasteiger charge is 2.33. The van der Waals surface area contributed by atoms with Crippen LogP contribution in [-0.4, -0.2) is 48.3 Å². The van der Waals surface area contributed by atoms with E-state index in [4.69, 9.17) is 11.5 Å². The van der Waals surface area contributed by atoms with Crippen molar-refractivity contribution < 1.29 is 12.8 Å². The van der Waals surface area contributed by atoms with Crippen molar-refractivity contribution in [1.29, 1.82) is 0 Å². The normalized spacial score (nSPS) is 17.7. The summed E-state index contributed by atoms with van der Waals surface area (Å²) in [5.74, 6) is 0.366. The van der Waals surface area contributed by atoms with Gasteiger partial charge in [0.2, 0.25) is 0 Å². The molecule has 35 heavy (non-hydrogen) atoms. The van der Waals surface area contributed by atoms with Gasteiger partial charge in [-0.1, -0.05) is 6.08 Å². The van der Waals surface area contributed by atoms with Crippen molar-refractivity contribution in [1.82, 2.24) is 14.9 Å². The number of nitrogens with two attached hydrogens (primary N) is 2. The Morgan fingerprint density at radius 2 is 1.89 bits per heavy atom. The molecule has 0 saturated carbocycles. The number of likely N-dealkylation sites (tertiary alicyclic amines) is 1. The van der Waals surface area contributed by atoms with Crippen molar-refractivity contribution in [3.8, 4) is 22.6 Å². The van der Waals surface area contributed by atoms with Crippen molar-refractivity contribution >= 4 is 9.84 Å². The third kappa shape index (κ3) is 5.33. The van der Waals surface area contributed by atoms with Crippen LogP contribution in [-0.2, 0) is 16.4 Å². The van der Waals surface area contributed by atoms with Gasteiger partial charge in [0.05, 0.1) is 10.6 Å². The van der Waals surface area contributed by atoms with Gasteiger partial charge in [-0.2, -0.15) is 0 Å². The van der Waals surface area contributed by atoms with E-state index < -0.39 is 15.2 Å². The predicted molar refractivity (Wildman–Crippen MR) is 135 cm³/mol. The number of hydrogen-bond donors (Lipinski definition) is 2. The Bertz CT molecular complexity index is 1300. The highest BCUT2D eigenvalue weighted by molar-refractivity contribution is 7.92. The number of sulfone groups is 1. The Kier molecular flexibility index (Phi) is 7.71. The lowest BCUT2D eigenvalue weighted by atomic mass is 9.98. The molecule has 1 aliphatic heterocycles. The first-order valence-corrected chi connectivity index (χ1v) is 13.1. The molecule has 7 nitrogen and oxygen atoms in total. The van der Waals surface area contributed by atoms with Gasteiger partial charge in [-0.3, -0.25) is 4.90 Å². The molecule has 0 radical (unpaired) electrons. The van der Waals surface area contributed by atoms with Crippen molar-refractivity contribution in [2.75, 3.05) is 19.6 Å². The largest absolute Gasteiger partial charge is 0.330 e. The molecule has 2 aromatic carbocycles. The van der Waals surface area contributed by atoms with Crippen LogP contribution in [0.2, 0.25) is 0 Å². The molecule has 4 N–H and O–H groups in total. The maximum Gasteiger partial charge on any atom is 0.198 e. The molecule has 1 saturated heterocycles. The molecule has 9 heteroatoms. The number of hydrogen-bond acceptors (Lipinski definition) is 7. The first-order chi connectivity index (χ1) is 16.9. The van der Waals surface area contributed by atoms with E-state index in [0.717, 1.165) is 18.4 Å². The van der Waals surface area contributed by atoms with Crippen LogP contribution in [0.3, 0.4) is 0 Å². The van der Waals surface area contributed by atoms with E-state index in [1.54, 1.807) is 48.7 Å². The lowest BCUT2D eigenvalue weighted by Crippen LogP contribution is -2.46. The van der Waals surface area contributed by atoms with Crippen LogP contribution < -0.4 is 11.5 Å². The van der Waals surface area contributed by atoms with Crippen LogP contribution in [0.4, 0.5) is 4.39 Å². The molecule has 0 spiro atoms. The van der Waals surface area contributed by atoms with Gasteiger partial charge in [0.25, 0.3) is 0 Å². The second kappa shape index (κ2) is 10.7. The molecule has 2 unspecified atom stereocenters. The van der Waals surface area contributed by atoms with Crippen LogP contribution >= 0.6 is 0 Å². The standard InChI is InChI=1S/C26H30FN5O2S/c1-2-25(32-13-3-4-18(15-28)17-32)35(33,34)22-8-5-19(6-9-22)26-30-12-11-24(31-26)20-7-10-23(27)21(14-20)16-29/h2,5-12,14,18,25H,1,3-4,13,15-17,28-29H2. The van der Waals surface area contributed by atoms with E-state index in [2.05, 4.69) is 16.5 Å². The molecule has 1 aliphatic rings. The average Bonchev–Trinajstić information content (AvgIpc) is 2.89. The number of benzene rings is 2. The molecular formula is C26H30FN5O2S. The zero-order valence-corrected chi connectivity index (χ0v) is 20.3. The van der Waals surface area contributed by atoms with Crippen molar-refractivity contribution in [2.45, 2.75) is 29.7 Å². The summed E-state index contributed by atoms with van der Waals surface area (Å²) in [7, 11) is -3.67. The van der Waals surface area contributed by atoms with Crippen molar-refractivity contribution in [3.63, 3.8) is 0 Å². The van der Waals surface area contributed by atoms with Gasteiger partial charge in [-0.25, -0.2) is 22.8 Å². The Balaban J connectivity index is 1.59. The fourth-order valence-corrected chi connectivity index (χ4v) is 6.11. The third-order valence-electron chi connectivity index (χ3n) is 6.42. The van der Waals surface area contributed by atoms with E-state index in [1.165, 1.54) is 12.1 Å². The minimum absolute atomic E-state index is 0.0869. The SMILES string of the molecule is C=CC(N1CCCC(CN)C1)S(=O)(=O)c1ccc(-c2nccc(-c3ccc(F)c(CN)c3)n2)cc1. The van der Waals surface area contributed by atoms with Gasteiger partial charge < -0.3 is 11.5 Å². The molecule has 3 aromatic rings. The fraction of sp³-hybridized carbons (Fsp3) is 0.308. The zero-order chi connectivity index (χ0) is 25.0. The van der Waals surface area contributed by atoms with Gasteiger partial charge in [0, 0.05) is 36.0 Å². The lowest BCUT2D eigenvalue weighted by molar-refractivity contribution is 0.178. The highest BCUT2D eigenvalue weighted by atomic mass is 32.2. The number of rotatable bonds is 8. The predicted octanol–water partition coefficient (Wildman–Crippen LogP) is 3.36. The molecule has 0 aliphatic carbocycles. The van der Waals surface area contributed by atoms with E-state index in [1.807, 2.05) is 4.90 Å². The minimum atomic E-state index is -3.67. The Hall–Kier alpha value is -2.98. The molecule has 0 amide bonds. The molecule has 1 fully saturated rings. The van der Waals surface area contributed by atoms with Gasteiger partial charge in [0.15, 0.2) is 15.7 Å². The van der Waals surface area contributed by atoms with Crippen LogP contribution in [0.1, 0.15) is 18.4 Å². The molecular weight excluding hydrogens is 465 g/mol.